The van der Waals surface area contributed by atoms with Crippen molar-refractivity contribution >= 4 is 11.6 Å². The maximum atomic E-state index is 12.6. The molecule has 1 N–H and O–H groups in total. The first kappa shape index (κ1) is 15.0. The van der Waals surface area contributed by atoms with E-state index in [1.165, 1.54) is 13.0 Å². The van der Waals surface area contributed by atoms with Gasteiger partial charge in [0.05, 0.1) is 0 Å². The third-order valence-corrected chi connectivity index (χ3v) is 2.65. The van der Waals surface area contributed by atoms with Gasteiger partial charge in [0.15, 0.2) is 0 Å². The average Bonchev–Trinajstić information content (AvgIpc) is 2.39. The molecule has 110 valence electrons. The number of aromatic nitrogens is 2. The third-order valence-electron chi connectivity index (χ3n) is 2.65. The van der Waals surface area contributed by atoms with Crippen LogP contribution in [0, 0.1) is 13.8 Å². The zero-order chi connectivity index (χ0) is 15.6. The second-order valence-electron chi connectivity index (χ2n) is 4.54. The number of benzene rings is 1. The topological polar surface area (TPSA) is 54.9 Å². The summed E-state index contributed by atoms with van der Waals surface area (Å²) in [5.74, 6) is -2.04. The lowest BCUT2D eigenvalue weighted by molar-refractivity contribution is -0.145. The maximum absolute atomic E-state index is 12.6. The summed E-state index contributed by atoms with van der Waals surface area (Å²) < 4.78 is 37.9. The standard InChI is InChI=1S/C14H12F3N3O/c1-8-3-5-10(6-4-8)19-12(21)11-7-9(2)18-13(20-11)14(15,16)17/h3-7H,1-2H3,(H,19,21). The van der Waals surface area contributed by atoms with Gasteiger partial charge < -0.3 is 5.32 Å². The molecule has 2 aromatic rings. The highest BCUT2D eigenvalue weighted by molar-refractivity contribution is 6.02. The summed E-state index contributed by atoms with van der Waals surface area (Å²) in [7, 11) is 0. The van der Waals surface area contributed by atoms with Gasteiger partial charge in [0.25, 0.3) is 5.91 Å². The third kappa shape index (κ3) is 3.77. The van der Waals surface area contributed by atoms with E-state index in [1.807, 2.05) is 6.92 Å². The van der Waals surface area contributed by atoms with E-state index < -0.39 is 17.9 Å². The quantitative estimate of drug-likeness (QED) is 0.924. The van der Waals surface area contributed by atoms with Crippen molar-refractivity contribution in [2.75, 3.05) is 5.32 Å². The van der Waals surface area contributed by atoms with Crippen molar-refractivity contribution in [3.63, 3.8) is 0 Å². The smallest absolute Gasteiger partial charge is 0.321 e. The fraction of sp³-hybridized carbons (Fsp3) is 0.214. The van der Waals surface area contributed by atoms with Gasteiger partial charge in [-0.25, -0.2) is 9.97 Å². The monoisotopic (exact) mass is 295 g/mol. The summed E-state index contributed by atoms with van der Waals surface area (Å²) in [6.45, 7) is 3.26. The van der Waals surface area contributed by atoms with E-state index in [4.69, 9.17) is 0 Å². The second kappa shape index (κ2) is 5.51. The van der Waals surface area contributed by atoms with Gasteiger partial charge in [0, 0.05) is 11.4 Å². The Morgan fingerprint density at radius 1 is 1.10 bits per heavy atom. The minimum absolute atomic E-state index is 0.0754. The predicted octanol–water partition coefficient (Wildman–Crippen LogP) is 3.36. The van der Waals surface area contributed by atoms with E-state index in [0.29, 0.717) is 5.69 Å². The zero-order valence-corrected chi connectivity index (χ0v) is 11.3. The van der Waals surface area contributed by atoms with Crippen LogP contribution in [0.1, 0.15) is 27.6 Å². The van der Waals surface area contributed by atoms with E-state index in [2.05, 4.69) is 15.3 Å². The number of alkyl halides is 3. The Morgan fingerprint density at radius 3 is 2.29 bits per heavy atom. The Labute approximate surface area is 119 Å². The van der Waals surface area contributed by atoms with Crippen LogP contribution >= 0.6 is 0 Å². The van der Waals surface area contributed by atoms with Gasteiger partial charge in [0.1, 0.15) is 5.69 Å². The Hall–Kier alpha value is -2.44. The molecule has 1 amide bonds. The van der Waals surface area contributed by atoms with Crippen LogP contribution in [0.4, 0.5) is 18.9 Å². The average molecular weight is 295 g/mol. The fourth-order valence-electron chi connectivity index (χ4n) is 1.64. The number of nitrogens with one attached hydrogen (secondary N) is 1. The molecule has 1 aromatic carbocycles. The fourth-order valence-corrected chi connectivity index (χ4v) is 1.64. The van der Waals surface area contributed by atoms with E-state index in [1.54, 1.807) is 24.3 Å². The first-order valence-corrected chi connectivity index (χ1v) is 6.06. The van der Waals surface area contributed by atoms with Crippen LogP contribution in [0.2, 0.25) is 0 Å². The Balaban J connectivity index is 2.27. The molecule has 0 fully saturated rings. The molecule has 7 heteroatoms. The minimum Gasteiger partial charge on any atom is -0.321 e. The van der Waals surface area contributed by atoms with E-state index >= 15 is 0 Å². The van der Waals surface area contributed by atoms with Crippen LogP contribution in [-0.4, -0.2) is 15.9 Å². The number of amides is 1. The maximum Gasteiger partial charge on any atom is 0.451 e. The number of rotatable bonds is 2. The summed E-state index contributed by atoms with van der Waals surface area (Å²) in [6.07, 6.45) is -4.69. The highest BCUT2D eigenvalue weighted by Gasteiger charge is 2.35. The van der Waals surface area contributed by atoms with Crippen LogP contribution in [-0.2, 0) is 6.18 Å². The molecule has 21 heavy (non-hydrogen) atoms. The van der Waals surface area contributed by atoms with Gasteiger partial charge in [-0.05, 0) is 32.0 Å². The van der Waals surface area contributed by atoms with Gasteiger partial charge >= 0.3 is 6.18 Å². The number of anilines is 1. The molecule has 1 heterocycles. The van der Waals surface area contributed by atoms with Gasteiger partial charge in [0.2, 0.25) is 5.82 Å². The summed E-state index contributed by atoms with van der Waals surface area (Å²) in [5.41, 5.74) is 1.24. The SMILES string of the molecule is Cc1ccc(NC(=O)c2cc(C)nc(C(F)(F)F)n2)cc1. The van der Waals surface area contributed by atoms with Crippen LogP contribution in [0.5, 0.6) is 0 Å². The largest absolute Gasteiger partial charge is 0.451 e. The molecular formula is C14H12F3N3O. The highest BCUT2D eigenvalue weighted by Crippen LogP contribution is 2.26. The lowest BCUT2D eigenvalue weighted by Gasteiger charge is -2.09. The number of hydrogen-bond acceptors (Lipinski definition) is 3. The van der Waals surface area contributed by atoms with E-state index in [0.717, 1.165) is 5.56 Å². The van der Waals surface area contributed by atoms with Gasteiger partial charge in [-0.3, -0.25) is 4.79 Å². The van der Waals surface area contributed by atoms with Crippen LogP contribution in [0.3, 0.4) is 0 Å². The van der Waals surface area contributed by atoms with Gasteiger partial charge in [-0.1, -0.05) is 17.7 Å². The Kier molecular flexibility index (Phi) is 3.93. The highest BCUT2D eigenvalue weighted by atomic mass is 19.4. The second-order valence-corrected chi connectivity index (χ2v) is 4.54. The summed E-state index contributed by atoms with van der Waals surface area (Å²) in [6, 6.07) is 8.08. The molecule has 1 aromatic heterocycles. The summed E-state index contributed by atoms with van der Waals surface area (Å²) in [5, 5.41) is 2.49. The van der Waals surface area contributed by atoms with Crippen molar-refractivity contribution in [3.8, 4) is 0 Å². The number of carbonyl (C=O) groups is 1. The molecule has 0 atom stereocenters. The first-order chi connectivity index (χ1) is 9.75. The number of carbonyl (C=O) groups excluding carboxylic acids is 1. The normalized spacial score (nSPS) is 11.3. The van der Waals surface area contributed by atoms with Crippen LogP contribution in [0.25, 0.3) is 0 Å². The molecule has 0 unspecified atom stereocenters. The van der Waals surface area contributed by atoms with Gasteiger partial charge in [-0.2, -0.15) is 13.2 Å². The number of hydrogen-bond donors (Lipinski definition) is 1. The lowest BCUT2D eigenvalue weighted by atomic mass is 10.2. The Morgan fingerprint density at radius 2 is 1.71 bits per heavy atom. The summed E-state index contributed by atoms with van der Waals surface area (Å²) >= 11 is 0. The minimum atomic E-state index is -4.69. The van der Waals surface area contributed by atoms with Crippen molar-refractivity contribution in [1.82, 2.24) is 9.97 Å². The molecular weight excluding hydrogens is 283 g/mol. The van der Waals surface area contributed by atoms with Crippen molar-refractivity contribution in [1.29, 1.82) is 0 Å². The number of nitrogens with zero attached hydrogens (tertiary/aromatic N) is 2. The first-order valence-electron chi connectivity index (χ1n) is 6.06. The van der Waals surface area contributed by atoms with E-state index in [9.17, 15) is 18.0 Å². The molecule has 2 rings (SSSR count). The molecule has 4 nitrogen and oxygen atoms in total. The van der Waals surface area contributed by atoms with Gasteiger partial charge in [-0.15, -0.1) is 0 Å². The Bertz CT molecular complexity index is 666. The molecule has 0 saturated heterocycles. The molecule has 0 radical (unpaired) electrons. The molecule has 0 aliphatic carbocycles. The summed E-state index contributed by atoms with van der Waals surface area (Å²) in [4.78, 5) is 18.5. The molecule has 0 bridgehead atoms. The molecule has 0 saturated carbocycles. The molecule has 0 aliphatic heterocycles. The number of halogens is 3. The van der Waals surface area contributed by atoms with Crippen LogP contribution in [0.15, 0.2) is 30.3 Å². The predicted molar refractivity (Wildman–Crippen MR) is 70.9 cm³/mol. The van der Waals surface area contributed by atoms with Crippen molar-refractivity contribution in [3.05, 3.63) is 53.1 Å². The van der Waals surface area contributed by atoms with E-state index in [-0.39, 0.29) is 11.4 Å². The van der Waals surface area contributed by atoms with Crippen molar-refractivity contribution in [2.45, 2.75) is 20.0 Å². The van der Waals surface area contributed by atoms with Crippen LogP contribution < -0.4 is 5.32 Å². The van der Waals surface area contributed by atoms with Crippen molar-refractivity contribution < 1.29 is 18.0 Å². The van der Waals surface area contributed by atoms with Crippen molar-refractivity contribution in [2.24, 2.45) is 0 Å². The molecule has 0 aliphatic rings. The zero-order valence-electron chi connectivity index (χ0n) is 11.3. The number of aryl methyl sites for hydroxylation is 2. The molecule has 0 spiro atoms. The lowest BCUT2D eigenvalue weighted by Crippen LogP contribution is -2.19.